The summed E-state index contributed by atoms with van der Waals surface area (Å²) in [6, 6.07) is 19.8. The first-order valence-corrected chi connectivity index (χ1v) is 9.39. The van der Waals surface area contributed by atoms with Gasteiger partial charge in [-0.2, -0.15) is 5.10 Å². The molecule has 1 aliphatic heterocycles. The number of hydrogen-bond acceptors (Lipinski definition) is 3. The molecule has 5 heteroatoms. The van der Waals surface area contributed by atoms with Gasteiger partial charge in [0.15, 0.2) is 5.76 Å². The van der Waals surface area contributed by atoms with Gasteiger partial charge in [0.05, 0.1) is 5.69 Å². The number of benzene rings is 2. The number of aromatic nitrogens is 2. The molecule has 0 unspecified atom stereocenters. The lowest BCUT2D eigenvalue weighted by Gasteiger charge is -2.29. The van der Waals surface area contributed by atoms with E-state index in [0.29, 0.717) is 11.5 Å². The number of carbonyl (C=O) groups is 1. The standard InChI is InChI=1S/C23H19N3O2/c27-22(25-13-6-14-25)12-11-18-16-26(19-8-2-1-3-9-19)24-23(18)21-15-17-7-4-5-10-20(17)28-21/h1-5,7-12,15-16H,6,13-14H2/b12-11+. The van der Waals surface area contributed by atoms with E-state index >= 15 is 0 Å². The Morgan fingerprint density at radius 3 is 2.57 bits per heavy atom. The van der Waals surface area contributed by atoms with Crippen LogP contribution in [0.2, 0.25) is 0 Å². The Labute approximate surface area is 162 Å². The minimum atomic E-state index is 0.0364. The van der Waals surface area contributed by atoms with Crippen molar-refractivity contribution in [3.8, 4) is 17.1 Å². The largest absolute Gasteiger partial charge is 0.454 e. The van der Waals surface area contributed by atoms with Gasteiger partial charge < -0.3 is 9.32 Å². The van der Waals surface area contributed by atoms with Crippen molar-refractivity contribution in [3.63, 3.8) is 0 Å². The van der Waals surface area contributed by atoms with Gasteiger partial charge in [-0.3, -0.25) is 4.79 Å². The van der Waals surface area contributed by atoms with E-state index in [1.54, 1.807) is 6.08 Å². The number of hydrogen-bond donors (Lipinski definition) is 0. The van der Waals surface area contributed by atoms with E-state index in [-0.39, 0.29) is 5.91 Å². The molecule has 1 aliphatic rings. The topological polar surface area (TPSA) is 51.3 Å². The molecule has 0 N–H and O–H groups in total. The first-order chi connectivity index (χ1) is 13.8. The van der Waals surface area contributed by atoms with Crippen LogP contribution in [0.5, 0.6) is 0 Å². The van der Waals surface area contributed by atoms with Gasteiger partial charge in [0.25, 0.3) is 0 Å². The van der Waals surface area contributed by atoms with Crippen molar-refractivity contribution in [1.29, 1.82) is 0 Å². The molecule has 28 heavy (non-hydrogen) atoms. The van der Waals surface area contributed by atoms with Crippen LogP contribution in [0, 0.1) is 0 Å². The Hall–Kier alpha value is -3.60. The zero-order valence-electron chi connectivity index (χ0n) is 15.3. The summed E-state index contributed by atoms with van der Waals surface area (Å²) in [7, 11) is 0. The number of fused-ring (bicyclic) bond motifs is 1. The summed E-state index contributed by atoms with van der Waals surface area (Å²) in [5.41, 5.74) is 3.33. The van der Waals surface area contributed by atoms with E-state index in [2.05, 4.69) is 0 Å². The second-order valence-corrected chi connectivity index (χ2v) is 6.87. The molecular weight excluding hydrogens is 350 g/mol. The van der Waals surface area contributed by atoms with E-state index in [1.807, 2.05) is 82.5 Å². The fourth-order valence-corrected chi connectivity index (χ4v) is 3.32. The molecule has 0 spiro atoms. The van der Waals surface area contributed by atoms with Crippen molar-refractivity contribution in [2.24, 2.45) is 0 Å². The molecule has 4 aromatic rings. The van der Waals surface area contributed by atoms with Crippen LogP contribution in [0.25, 0.3) is 34.2 Å². The van der Waals surface area contributed by atoms with Crippen molar-refractivity contribution in [2.75, 3.05) is 13.1 Å². The smallest absolute Gasteiger partial charge is 0.246 e. The van der Waals surface area contributed by atoms with Crippen LogP contribution in [0.4, 0.5) is 0 Å². The molecular formula is C23H19N3O2. The van der Waals surface area contributed by atoms with Crippen LogP contribution in [0.1, 0.15) is 12.0 Å². The maximum atomic E-state index is 12.3. The highest BCUT2D eigenvalue weighted by Gasteiger charge is 2.19. The summed E-state index contributed by atoms with van der Waals surface area (Å²) >= 11 is 0. The third-order valence-corrected chi connectivity index (χ3v) is 5.00. The van der Waals surface area contributed by atoms with E-state index < -0.39 is 0 Å². The Morgan fingerprint density at radius 2 is 1.82 bits per heavy atom. The summed E-state index contributed by atoms with van der Waals surface area (Å²) in [4.78, 5) is 14.1. The minimum absolute atomic E-state index is 0.0364. The van der Waals surface area contributed by atoms with Crippen LogP contribution < -0.4 is 0 Å². The number of furan rings is 1. The highest BCUT2D eigenvalue weighted by molar-refractivity contribution is 5.93. The van der Waals surface area contributed by atoms with Crippen molar-refractivity contribution >= 4 is 23.0 Å². The lowest BCUT2D eigenvalue weighted by atomic mass is 10.1. The zero-order valence-corrected chi connectivity index (χ0v) is 15.3. The second-order valence-electron chi connectivity index (χ2n) is 6.87. The predicted molar refractivity (Wildman–Crippen MR) is 109 cm³/mol. The second kappa shape index (κ2) is 6.85. The van der Waals surface area contributed by atoms with Crippen LogP contribution >= 0.6 is 0 Å². The summed E-state index contributed by atoms with van der Waals surface area (Å²) in [6.07, 6.45) is 6.46. The number of para-hydroxylation sites is 2. The van der Waals surface area contributed by atoms with E-state index in [9.17, 15) is 4.79 Å². The molecule has 2 aromatic carbocycles. The minimum Gasteiger partial charge on any atom is -0.454 e. The lowest BCUT2D eigenvalue weighted by Crippen LogP contribution is -2.40. The lowest BCUT2D eigenvalue weighted by molar-refractivity contribution is -0.129. The van der Waals surface area contributed by atoms with Crippen LogP contribution in [0.3, 0.4) is 0 Å². The predicted octanol–water partition coefficient (Wildman–Crippen LogP) is 4.53. The van der Waals surface area contributed by atoms with E-state index in [4.69, 9.17) is 9.52 Å². The number of rotatable bonds is 4. The first kappa shape index (κ1) is 16.6. The quantitative estimate of drug-likeness (QED) is 0.497. The molecule has 0 atom stereocenters. The molecule has 0 bridgehead atoms. The molecule has 0 aliphatic carbocycles. The van der Waals surface area contributed by atoms with Gasteiger partial charge in [-0.15, -0.1) is 0 Å². The third kappa shape index (κ3) is 3.01. The Bertz CT molecular complexity index is 1130. The molecule has 138 valence electrons. The molecule has 0 saturated carbocycles. The van der Waals surface area contributed by atoms with Gasteiger partial charge in [0, 0.05) is 36.3 Å². The monoisotopic (exact) mass is 369 g/mol. The SMILES string of the molecule is O=C(/C=C/c1cn(-c2ccccc2)nc1-c1cc2ccccc2o1)N1CCC1. The first-order valence-electron chi connectivity index (χ1n) is 9.39. The number of carbonyl (C=O) groups excluding carboxylic acids is 1. The number of likely N-dealkylation sites (tertiary alicyclic amines) is 1. The summed E-state index contributed by atoms with van der Waals surface area (Å²) in [6.45, 7) is 1.67. The van der Waals surface area contributed by atoms with E-state index in [0.717, 1.165) is 41.7 Å². The van der Waals surface area contributed by atoms with E-state index in [1.165, 1.54) is 0 Å². The average Bonchev–Trinajstić information content (AvgIpc) is 3.29. The molecule has 5 nitrogen and oxygen atoms in total. The Balaban J connectivity index is 1.58. The summed E-state index contributed by atoms with van der Waals surface area (Å²) in [5.74, 6) is 0.723. The van der Waals surface area contributed by atoms with Crippen molar-refractivity contribution in [2.45, 2.75) is 6.42 Å². The fourth-order valence-electron chi connectivity index (χ4n) is 3.32. The summed E-state index contributed by atoms with van der Waals surface area (Å²) < 4.78 is 7.84. The maximum absolute atomic E-state index is 12.3. The van der Waals surface area contributed by atoms with Crippen LogP contribution in [-0.4, -0.2) is 33.7 Å². The van der Waals surface area contributed by atoms with Gasteiger partial charge in [-0.1, -0.05) is 36.4 Å². The summed E-state index contributed by atoms with van der Waals surface area (Å²) in [5, 5.41) is 5.78. The van der Waals surface area contributed by atoms with Crippen molar-refractivity contribution in [3.05, 3.63) is 78.5 Å². The highest BCUT2D eigenvalue weighted by Crippen LogP contribution is 2.30. The Morgan fingerprint density at radius 1 is 1.04 bits per heavy atom. The highest BCUT2D eigenvalue weighted by atomic mass is 16.3. The van der Waals surface area contributed by atoms with Gasteiger partial charge in [0.1, 0.15) is 11.3 Å². The molecule has 5 rings (SSSR count). The molecule has 3 heterocycles. The molecule has 0 radical (unpaired) electrons. The molecule has 1 saturated heterocycles. The van der Waals surface area contributed by atoms with Gasteiger partial charge in [-0.05, 0) is 36.8 Å². The van der Waals surface area contributed by atoms with Gasteiger partial charge in [0.2, 0.25) is 5.91 Å². The van der Waals surface area contributed by atoms with Crippen molar-refractivity contribution in [1.82, 2.24) is 14.7 Å². The normalized spacial score (nSPS) is 13.9. The van der Waals surface area contributed by atoms with Crippen molar-refractivity contribution < 1.29 is 9.21 Å². The average molecular weight is 369 g/mol. The van der Waals surface area contributed by atoms with Gasteiger partial charge >= 0.3 is 0 Å². The van der Waals surface area contributed by atoms with Gasteiger partial charge in [-0.25, -0.2) is 4.68 Å². The molecule has 1 amide bonds. The maximum Gasteiger partial charge on any atom is 0.246 e. The fraction of sp³-hybridized carbons (Fsp3) is 0.130. The van der Waals surface area contributed by atoms with Crippen LogP contribution in [-0.2, 0) is 4.79 Å². The third-order valence-electron chi connectivity index (χ3n) is 5.00. The molecule has 2 aromatic heterocycles. The number of nitrogens with zero attached hydrogens (tertiary/aromatic N) is 3. The van der Waals surface area contributed by atoms with Crippen LogP contribution in [0.15, 0.2) is 77.4 Å². The zero-order chi connectivity index (χ0) is 18.9. The molecule has 1 fully saturated rings. The Kier molecular flexibility index (Phi) is 4.05. The number of amides is 1.